The van der Waals surface area contributed by atoms with Crippen LogP contribution in [0.3, 0.4) is 0 Å². The summed E-state index contributed by atoms with van der Waals surface area (Å²) in [4.78, 5) is 0. The van der Waals surface area contributed by atoms with Gasteiger partial charge in [-0.05, 0) is 38.0 Å². The molecule has 0 radical (unpaired) electrons. The molecule has 0 aliphatic carbocycles. The van der Waals surface area contributed by atoms with Gasteiger partial charge in [-0.25, -0.2) is 0 Å². The first-order valence-electron chi connectivity index (χ1n) is 6.21. The van der Waals surface area contributed by atoms with Crippen LogP contribution in [0.15, 0.2) is 18.2 Å². The van der Waals surface area contributed by atoms with Crippen molar-refractivity contribution in [2.75, 3.05) is 0 Å². The maximum absolute atomic E-state index is 6.13. The number of nitrogens with two attached hydrogens (primary N) is 1. The standard InChI is InChI=1S/C15H25NO/c1-10-7-8-11(2)13(9-10)17-14(12(3)16)15(4,5)6/h7-9,12,14H,16H2,1-6H3. The maximum Gasteiger partial charge on any atom is 0.123 e. The molecule has 1 aromatic rings. The van der Waals surface area contributed by atoms with Crippen molar-refractivity contribution in [3.8, 4) is 5.75 Å². The van der Waals surface area contributed by atoms with Crippen LogP contribution >= 0.6 is 0 Å². The first-order chi connectivity index (χ1) is 7.71. The highest BCUT2D eigenvalue weighted by molar-refractivity contribution is 5.36. The van der Waals surface area contributed by atoms with Gasteiger partial charge in [0.2, 0.25) is 0 Å². The van der Waals surface area contributed by atoms with Crippen LogP contribution in [-0.2, 0) is 0 Å². The second-order valence-corrected chi connectivity index (χ2v) is 6.03. The number of rotatable bonds is 3. The van der Waals surface area contributed by atoms with Crippen LogP contribution in [-0.4, -0.2) is 12.1 Å². The fourth-order valence-corrected chi connectivity index (χ4v) is 2.04. The molecule has 2 unspecified atom stereocenters. The van der Waals surface area contributed by atoms with E-state index >= 15 is 0 Å². The van der Waals surface area contributed by atoms with Gasteiger partial charge in [0.1, 0.15) is 11.9 Å². The number of aryl methyl sites for hydroxylation is 2. The summed E-state index contributed by atoms with van der Waals surface area (Å²) in [5.41, 5.74) is 8.43. The molecule has 0 amide bonds. The molecule has 2 atom stereocenters. The normalized spacial score (nSPS) is 15.5. The number of ether oxygens (including phenoxy) is 1. The minimum absolute atomic E-state index is 0.00918. The Kier molecular flexibility index (Phi) is 4.21. The summed E-state index contributed by atoms with van der Waals surface area (Å²) < 4.78 is 6.13. The third-order valence-corrected chi connectivity index (χ3v) is 2.93. The molecule has 0 heterocycles. The van der Waals surface area contributed by atoms with Crippen LogP contribution in [0.2, 0.25) is 0 Å². The van der Waals surface area contributed by atoms with Crippen molar-refractivity contribution in [3.05, 3.63) is 29.3 Å². The Labute approximate surface area is 105 Å². The second-order valence-electron chi connectivity index (χ2n) is 6.03. The highest BCUT2D eigenvalue weighted by Crippen LogP contribution is 2.29. The van der Waals surface area contributed by atoms with Gasteiger partial charge in [-0.3, -0.25) is 0 Å². The predicted molar refractivity (Wildman–Crippen MR) is 73.4 cm³/mol. The van der Waals surface area contributed by atoms with Gasteiger partial charge in [-0.2, -0.15) is 0 Å². The molecule has 17 heavy (non-hydrogen) atoms. The van der Waals surface area contributed by atoms with E-state index in [1.807, 2.05) is 6.92 Å². The van der Waals surface area contributed by atoms with Crippen molar-refractivity contribution in [2.45, 2.75) is 53.7 Å². The van der Waals surface area contributed by atoms with Crippen LogP contribution in [0.5, 0.6) is 5.75 Å². The molecule has 0 aliphatic heterocycles. The van der Waals surface area contributed by atoms with Crippen LogP contribution < -0.4 is 10.5 Å². The van der Waals surface area contributed by atoms with Gasteiger partial charge in [-0.15, -0.1) is 0 Å². The van der Waals surface area contributed by atoms with E-state index in [9.17, 15) is 0 Å². The minimum Gasteiger partial charge on any atom is -0.488 e. The first kappa shape index (κ1) is 14.0. The van der Waals surface area contributed by atoms with Crippen LogP contribution in [0.25, 0.3) is 0 Å². The largest absolute Gasteiger partial charge is 0.488 e. The van der Waals surface area contributed by atoms with Gasteiger partial charge in [0.25, 0.3) is 0 Å². The lowest BCUT2D eigenvalue weighted by Gasteiger charge is -2.34. The summed E-state index contributed by atoms with van der Waals surface area (Å²) in [5.74, 6) is 0.947. The predicted octanol–water partition coefficient (Wildman–Crippen LogP) is 3.44. The molecule has 0 saturated carbocycles. The fraction of sp³-hybridized carbons (Fsp3) is 0.600. The summed E-state index contributed by atoms with van der Waals surface area (Å²) in [6.07, 6.45) is 0.0167. The lowest BCUT2D eigenvalue weighted by molar-refractivity contribution is 0.0677. The van der Waals surface area contributed by atoms with E-state index < -0.39 is 0 Å². The average Bonchev–Trinajstić information content (AvgIpc) is 2.17. The van der Waals surface area contributed by atoms with Gasteiger partial charge in [0, 0.05) is 11.5 Å². The van der Waals surface area contributed by atoms with Crippen molar-refractivity contribution < 1.29 is 4.74 Å². The van der Waals surface area contributed by atoms with Crippen LogP contribution in [0, 0.1) is 19.3 Å². The second kappa shape index (κ2) is 5.09. The molecule has 0 saturated heterocycles. The molecule has 0 aromatic heterocycles. The van der Waals surface area contributed by atoms with E-state index in [-0.39, 0.29) is 17.6 Å². The Morgan fingerprint density at radius 2 is 1.76 bits per heavy atom. The summed E-state index contributed by atoms with van der Waals surface area (Å²) in [7, 11) is 0. The fourth-order valence-electron chi connectivity index (χ4n) is 2.04. The molecule has 1 aromatic carbocycles. The van der Waals surface area contributed by atoms with E-state index in [4.69, 9.17) is 10.5 Å². The van der Waals surface area contributed by atoms with Gasteiger partial charge < -0.3 is 10.5 Å². The monoisotopic (exact) mass is 235 g/mol. The van der Waals surface area contributed by atoms with E-state index in [1.54, 1.807) is 0 Å². The number of benzene rings is 1. The van der Waals surface area contributed by atoms with E-state index in [0.29, 0.717) is 0 Å². The average molecular weight is 235 g/mol. The Hall–Kier alpha value is -1.02. The zero-order chi connectivity index (χ0) is 13.2. The lowest BCUT2D eigenvalue weighted by atomic mass is 9.85. The lowest BCUT2D eigenvalue weighted by Crippen LogP contribution is -2.45. The van der Waals surface area contributed by atoms with Crippen molar-refractivity contribution in [1.29, 1.82) is 0 Å². The van der Waals surface area contributed by atoms with Crippen LogP contribution in [0.1, 0.15) is 38.8 Å². The molecule has 2 heteroatoms. The summed E-state index contributed by atoms with van der Waals surface area (Å²) in [6.45, 7) is 12.6. The highest BCUT2D eigenvalue weighted by atomic mass is 16.5. The van der Waals surface area contributed by atoms with Gasteiger partial charge >= 0.3 is 0 Å². The Balaban J connectivity index is 2.98. The minimum atomic E-state index is 0.00918. The van der Waals surface area contributed by atoms with Crippen molar-refractivity contribution >= 4 is 0 Å². The Morgan fingerprint density at radius 3 is 2.24 bits per heavy atom. The number of hydrogen-bond acceptors (Lipinski definition) is 2. The van der Waals surface area contributed by atoms with Crippen molar-refractivity contribution in [1.82, 2.24) is 0 Å². The van der Waals surface area contributed by atoms with Crippen LogP contribution in [0.4, 0.5) is 0 Å². The van der Waals surface area contributed by atoms with Gasteiger partial charge in [0.15, 0.2) is 0 Å². The molecule has 96 valence electrons. The molecule has 1 rings (SSSR count). The molecular weight excluding hydrogens is 210 g/mol. The third kappa shape index (κ3) is 3.74. The quantitative estimate of drug-likeness (QED) is 0.871. The summed E-state index contributed by atoms with van der Waals surface area (Å²) in [5, 5.41) is 0. The molecule has 0 aliphatic rings. The van der Waals surface area contributed by atoms with E-state index in [2.05, 4.69) is 52.8 Å². The zero-order valence-corrected chi connectivity index (χ0v) is 11.9. The van der Waals surface area contributed by atoms with E-state index in [0.717, 1.165) is 11.3 Å². The number of hydrogen-bond donors (Lipinski definition) is 1. The SMILES string of the molecule is Cc1ccc(C)c(OC(C(C)N)C(C)(C)C)c1. The van der Waals surface area contributed by atoms with Gasteiger partial charge in [-0.1, -0.05) is 32.9 Å². The first-order valence-corrected chi connectivity index (χ1v) is 6.21. The molecular formula is C15H25NO. The highest BCUT2D eigenvalue weighted by Gasteiger charge is 2.30. The molecule has 0 fully saturated rings. The summed E-state index contributed by atoms with van der Waals surface area (Å²) >= 11 is 0. The van der Waals surface area contributed by atoms with E-state index in [1.165, 1.54) is 5.56 Å². The molecule has 0 bridgehead atoms. The van der Waals surface area contributed by atoms with Crippen molar-refractivity contribution in [2.24, 2.45) is 11.1 Å². The zero-order valence-electron chi connectivity index (χ0n) is 11.9. The Morgan fingerprint density at radius 1 is 1.18 bits per heavy atom. The maximum atomic E-state index is 6.13. The van der Waals surface area contributed by atoms with Gasteiger partial charge in [0.05, 0.1) is 0 Å². The summed E-state index contributed by atoms with van der Waals surface area (Å²) in [6, 6.07) is 6.28. The molecule has 0 spiro atoms. The topological polar surface area (TPSA) is 35.2 Å². The molecule has 2 N–H and O–H groups in total. The molecule has 2 nitrogen and oxygen atoms in total. The van der Waals surface area contributed by atoms with Crippen molar-refractivity contribution in [3.63, 3.8) is 0 Å². The Bertz CT molecular complexity index is 377. The third-order valence-electron chi connectivity index (χ3n) is 2.93. The smallest absolute Gasteiger partial charge is 0.123 e.